The van der Waals surface area contributed by atoms with Gasteiger partial charge in [0, 0.05) is 25.5 Å². The first kappa shape index (κ1) is 19.9. The van der Waals surface area contributed by atoms with E-state index in [2.05, 4.69) is 0 Å². The van der Waals surface area contributed by atoms with Gasteiger partial charge in [0.1, 0.15) is 6.04 Å². The quantitative estimate of drug-likeness (QED) is 0.245. The van der Waals surface area contributed by atoms with E-state index in [0.717, 1.165) is 12.2 Å². The van der Waals surface area contributed by atoms with Crippen molar-refractivity contribution >= 4 is 20.5 Å². The van der Waals surface area contributed by atoms with E-state index in [0.29, 0.717) is 38.9 Å². The number of anilines is 1. The third-order valence-electron chi connectivity index (χ3n) is 3.94. The second-order valence-corrected chi connectivity index (χ2v) is 8.49. The molecule has 25 heavy (non-hydrogen) atoms. The minimum absolute atomic E-state index is 0.157. The van der Waals surface area contributed by atoms with Crippen molar-refractivity contribution in [2.24, 2.45) is 0 Å². The van der Waals surface area contributed by atoms with E-state index in [9.17, 15) is 4.79 Å². The Labute approximate surface area is 151 Å². The minimum atomic E-state index is -2.65. The van der Waals surface area contributed by atoms with E-state index in [1.165, 1.54) is 0 Å². The lowest BCUT2D eigenvalue weighted by molar-refractivity contribution is -0.142. The van der Waals surface area contributed by atoms with Gasteiger partial charge < -0.3 is 22.9 Å². The summed E-state index contributed by atoms with van der Waals surface area (Å²) in [6.45, 7) is 8.56. The molecule has 1 aliphatic heterocycles. The number of hydrogen-bond donors (Lipinski definition) is 0. The standard InChI is InChI=1S/C18H29NO5Si/c1-4-22-25(23-5-2,24-6-3)14-10-13-21-18(20)17-15-19(17)16-11-8-7-9-12-16/h7-9,11-12,17H,4-6,10,13-15H2,1-3H3/q-1. The van der Waals surface area contributed by atoms with Gasteiger partial charge >= 0.3 is 5.97 Å². The zero-order valence-corrected chi connectivity index (χ0v) is 16.4. The fraction of sp³-hybridized carbons (Fsp3) is 0.611. The molecule has 0 radical (unpaired) electrons. The molecule has 1 aromatic carbocycles. The molecule has 0 aliphatic carbocycles. The lowest BCUT2D eigenvalue weighted by Gasteiger charge is -2.42. The van der Waals surface area contributed by atoms with Gasteiger partial charge in [-0.1, -0.05) is 24.2 Å². The van der Waals surface area contributed by atoms with Crippen molar-refractivity contribution in [3.05, 3.63) is 30.3 Å². The number of esters is 1. The summed E-state index contributed by atoms with van der Waals surface area (Å²) in [5, 5.41) is 0. The molecule has 141 valence electrons. The van der Waals surface area contributed by atoms with Gasteiger partial charge in [-0.3, -0.25) is 0 Å². The van der Waals surface area contributed by atoms with Crippen molar-refractivity contribution in [2.45, 2.75) is 39.3 Å². The molecular formula is C18H29NO5Si-. The van der Waals surface area contributed by atoms with Crippen molar-refractivity contribution in [3.63, 3.8) is 0 Å². The summed E-state index contributed by atoms with van der Waals surface area (Å²) in [6.07, 6.45) is 0.677. The Morgan fingerprint density at radius 2 is 1.68 bits per heavy atom. The number of para-hydroxylation sites is 1. The molecule has 1 unspecified atom stereocenters. The van der Waals surface area contributed by atoms with E-state index < -0.39 is 8.80 Å². The SMILES string of the molecule is CCO[Si-](CCCOC(=O)C1CN1c1ccccc1)(OCC)OCC. The normalized spacial score (nSPS) is 16.8. The highest BCUT2D eigenvalue weighted by atomic mass is 28.4. The molecule has 0 saturated carbocycles. The van der Waals surface area contributed by atoms with Crippen molar-refractivity contribution in [2.75, 3.05) is 37.9 Å². The summed E-state index contributed by atoms with van der Waals surface area (Å²) in [7, 11) is -2.65. The van der Waals surface area contributed by atoms with Gasteiger partial charge in [-0.25, -0.2) is 4.79 Å². The zero-order chi connectivity index (χ0) is 18.1. The molecule has 0 N–H and O–H groups in total. The van der Waals surface area contributed by atoms with Crippen LogP contribution in [0.3, 0.4) is 0 Å². The Balaban J connectivity index is 1.73. The van der Waals surface area contributed by atoms with Gasteiger partial charge in [0.25, 0.3) is 8.80 Å². The minimum Gasteiger partial charge on any atom is -0.525 e. The average Bonchev–Trinajstić information content (AvgIpc) is 3.41. The maximum Gasteiger partial charge on any atom is 0.330 e. The third kappa shape index (κ3) is 5.81. The molecule has 1 aliphatic rings. The first-order valence-corrected chi connectivity index (χ1v) is 11.0. The van der Waals surface area contributed by atoms with E-state index in [1.807, 2.05) is 56.0 Å². The summed E-state index contributed by atoms with van der Waals surface area (Å²) in [6, 6.07) is 10.4. The smallest absolute Gasteiger partial charge is 0.330 e. The lowest BCUT2D eigenvalue weighted by Crippen LogP contribution is -2.46. The van der Waals surface area contributed by atoms with Crippen LogP contribution in [0.5, 0.6) is 0 Å². The molecule has 1 fully saturated rings. The predicted octanol–water partition coefficient (Wildman–Crippen LogP) is 2.86. The molecule has 6 nitrogen and oxygen atoms in total. The summed E-state index contributed by atoms with van der Waals surface area (Å²) >= 11 is 0. The first-order chi connectivity index (χ1) is 12.2. The number of hydrogen-bond acceptors (Lipinski definition) is 6. The maximum atomic E-state index is 12.1. The van der Waals surface area contributed by atoms with E-state index in [4.69, 9.17) is 18.0 Å². The fourth-order valence-corrected chi connectivity index (χ4v) is 5.38. The van der Waals surface area contributed by atoms with Crippen LogP contribution < -0.4 is 4.90 Å². The van der Waals surface area contributed by atoms with E-state index in [-0.39, 0.29) is 12.0 Å². The largest absolute Gasteiger partial charge is 0.525 e. The van der Waals surface area contributed by atoms with E-state index in [1.54, 1.807) is 0 Å². The third-order valence-corrected chi connectivity index (χ3v) is 7.09. The van der Waals surface area contributed by atoms with Gasteiger partial charge in [0.15, 0.2) is 0 Å². The fourth-order valence-electron chi connectivity index (χ4n) is 2.80. The molecule has 7 heteroatoms. The van der Waals surface area contributed by atoms with Crippen molar-refractivity contribution < 1.29 is 22.8 Å². The van der Waals surface area contributed by atoms with Gasteiger partial charge in [-0.15, -0.1) is 0 Å². The van der Waals surface area contributed by atoms with Crippen LogP contribution in [0.2, 0.25) is 6.04 Å². The van der Waals surface area contributed by atoms with Crippen LogP contribution in [0.15, 0.2) is 30.3 Å². The van der Waals surface area contributed by atoms with Gasteiger partial charge in [0.2, 0.25) is 0 Å². The van der Waals surface area contributed by atoms with E-state index >= 15 is 0 Å². The Bertz CT molecular complexity index is 510. The number of benzene rings is 1. The summed E-state index contributed by atoms with van der Waals surface area (Å²) in [5.74, 6) is -0.166. The van der Waals surface area contributed by atoms with Crippen LogP contribution in [0, 0.1) is 0 Å². The molecule has 1 atom stereocenters. The second kappa shape index (κ2) is 9.91. The number of carbonyl (C=O) groups is 1. The van der Waals surface area contributed by atoms with Crippen LogP contribution in [0.4, 0.5) is 5.69 Å². The second-order valence-electron chi connectivity index (χ2n) is 5.76. The highest BCUT2D eigenvalue weighted by molar-refractivity contribution is 6.60. The molecule has 0 aromatic heterocycles. The van der Waals surface area contributed by atoms with Crippen LogP contribution in [-0.2, 0) is 22.8 Å². The molecule has 0 spiro atoms. The molecular weight excluding hydrogens is 338 g/mol. The molecule has 2 rings (SSSR count). The van der Waals surface area contributed by atoms with Crippen LogP contribution >= 0.6 is 0 Å². The zero-order valence-electron chi connectivity index (χ0n) is 15.4. The first-order valence-electron chi connectivity index (χ1n) is 9.06. The predicted molar refractivity (Wildman–Crippen MR) is 98.6 cm³/mol. The monoisotopic (exact) mass is 367 g/mol. The molecule has 1 aromatic rings. The van der Waals surface area contributed by atoms with Gasteiger partial charge in [-0.05, 0) is 39.3 Å². The van der Waals surface area contributed by atoms with Crippen molar-refractivity contribution in [1.29, 1.82) is 0 Å². The summed E-state index contributed by atoms with van der Waals surface area (Å²) in [4.78, 5) is 14.2. The number of rotatable bonds is 12. The molecule has 1 saturated heterocycles. The Morgan fingerprint density at radius 1 is 1.08 bits per heavy atom. The molecule has 0 bridgehead atoms. The summed E-state index contributed by atoms with van der Waals surface area (Å²) in [5.41, 5.74) is 1.06. The Kier molecular flexibility index (Phi) is 7.89. The highest BCUT2D eigenvalue weighted by Crippen LogP contribution is 2.28. The molecule has 0 amide bonds. The van der Waals surface area contributed by atoms with Gasteiger partial charge in [-0.2, -0.15) is 0 Å². The van der Waals surface area contributed by atoms with Crippen LogP contribution in [0.1, 0.15) is 27.2 Å². The Hall–Kier alpha value is -1.41. The number of carbonyl (C=O) groups excluding carboxylic acids is 1. The van der Waals surface area contributed by atoms with Crippen LogP contribution in [0.25, 0.3) is 0 Å². The van der Waals surface area contributed by atoms with Crippen LogP contribution in [-0.4, -0.2) is 53.8 Å². The maximum absolute atomic E-state index is 12.1. The highest BCUT2D eigenvalue weighted by Gasteiger charge is 2.41. The summed E-state index contributed by atoms with van der Waals surface area (Å²) < 4.78 is 22.8. The van der Waals surface area contributed by atoms with Gasteiger partial charge in [0.05, 0.1) is 13.2 Å². The molecule has 1 heterocycles. The number of nitrogens with zero attached hydrogens (tertiary/aromatic N) is 1. The topological polar surface area (TPSA) is 57.0 Å². The van der Waals surface area contributed by atoms with Crippen molar-refractivity contribution in [3.8, 4) is 0 Å². The average molecular weight is 368 g/mol. The lowest BCUT2D eigenvalue weighted by atomic mass is 10.3. The van der Waals surface area contributed by atoms with Crippen molar-refractivity contribution in [1.82, 2.24) is 0 Å². The number of ether oxygens (including phenoxy) is 1. The Morgan fingerprint density at radius 3 is 2.24 bits per heavy atom.